The standard InChI is InChI=1S/C18H12BrN3O4/c19-13-5-3-12(4-6-13)17(23)21-20-14-7-9-15(10-8-14)22-26-18(24)16-2-1-11-25-16/h1-11,22H. The van der Waals surface area contributed by atoms with E-state index < -0.39 is 11.9 Å². The van der Waals surface area contributed by atoms with Gasteiger partial charge in [-0.3, -0.25) is 4.79 Å². The fraction of sp³-hybridized carbons (Fsp3) is 0. The number of hydrogen-bond donors (Lipinski definition) is 1. The minimum atomic E-state index is -0.640. The number of benzene rings is 2. The summed E-state index contributed by atoms with van der Waals surface area (Å²) >= 11 is 3.30. The highest BCUT2D eigenvalue weighted by Crippen LogP contribution is 2.18. The van der Waals surface area contributed by atoms with Crippen LogP contribution in [0.5, 0.6) is 0 Å². The van der Waals surface area contributed by atoms with E-state index in [9.17, 15) is 9.59 Å². The number of furan rings is 1. The third-order valence-corrected chi connectivity index (χ3v) is 3.73. The Balaban J connectivity index is 1.56. The second-order valence-electron chi connectivity index (χ2n) is 5.03. The maximum absolute atomic E-state index is 11.9. The molecule has 0 saturated heterocycles. The topological polar surface area (TPSA) is 93.3 Å². The lowest BCUT2D eigenvalue weighted by atomic mass is 10.2. The van der Waals surface area contributed by atoms with E-state index in [1.165, 1.54) is 12.3 Å². The highest BCUT2D eigenvalue weighted by atomic mass is 79.9. The van der Waals surface area contributed by atoms with Crippen molar-refractivity contribution in [1.29, 1.82) is 0 Å². The Labute approximate surface area is 156 Å². The molecule has 0 aliphatic heterocycles. The van der Waals surface area contributed by atoms with Gasteiger partial charge >= 0.3 is 5.97 Å². The fourth-order valence-corrected chi connectivity index (χ4v) is 2.16. The van der Waals surface area contributed by atoms with Crippen molar-refractivity contribution in [2.45, 2.75) is 0 Å². The van der Waals surface area contributed by atoms with Gasteiger partial charge in [0.2, 0.25) is 5.76 Å². The second-order valence-corrected chi connectivity index (χ2v) is 5.94. The molecule has 0 saturated carbocycles. The predicted molar refractivity (Wildman–Crippen MR) is 97.2 cm³/mol. The number of carbonyl (C=O) groups is 2. The van der Waals surface area contributed by atoms with E-state index in [2.05, 4.69) is 31.6 Å². The smallest absolute Gasteiger partial charge is 0.398 e. The lowest BCUT2D eigenvalue weighted by molar-refractivity contribution is 0.0560. The molecular formula is C18H12BrN3O4. The largest absolute Gasteiger partial charge is 0.457 e. The summed E-state index contributed by atoms with van der Waals surface area (Å²) in [7, 11) is 0. The molecule has 130 valence electrons. The number of anilines is 1. The average molecular weight is 414 g/mol. The summed E-state index contributed by atoms with van der Waals surface area (Å²) in [6.07, 6.45) is 1.38. The Morgan fingerprint density at radius 3 is 2.38 bits per heavy atom. The van der Waals surface area contributed by atoms with Gasteiger partial charge in [0.05, 0.1) is 17.6 Å². The molecular weight excluding hydrogens is 402 g/mol. The Morgan fingerprint density at radius 1 is 1.00 bits per heavy atom. The summed E-state index contributed by atoms with van der Waals surface area (Å²) in [4.78, 5) is 28.4. The zero-order valence-electron chi connectivity index (χ0n) is 13.3. The minimum Gasteiger partial charge on any atom is -0.457 e. The molecule has 1 heterocycles. The van der Waals surface area contributed by atoms with E-state index in [4.69, 9.17) is 9.25 Å². The first-order valence-electron chi connectivity index (χ1n) is 7.44. The fourth-order valence-electron chi connectivity index (χ4n) is 1.90. The minimum absolute atomic E-state index is 0.0920. The van der Waals surface area contributed by atoms with E-state index in [0.717, 1.165) is 4.47 Å². The van der Waals surface area contributed by atoms with Crippen LogP contribution >= 0.6 is 15.9 Å². The van der Waals surface area contributed by atoms with Gasteiger partial charge in [-0.15, -0.1) is 10.2 Å². The van der Waals surface area contributed by atoms with Crippen molar-refractivity contribution in [1.82, 2.24) is 0 Å². The Bertz CT molecular complexity index is 920. The average Bonchev–Trinajstić information content (AvgIpc) is 3.20. The molecule has 8 heteroatoms. The van der Waals surface area contributed by atoms with Gasteiger partial charge in [-0.25, -0.2) is 10.3 Å². The van der Waals surface area contributed by atoms with Gasteiger partial charge in [0.15, 0.2) is 0 Å². The predicted octanol–water partition coefficient (Wildman–Crippen LogP) is 5.15. The number of halogens is 1. The molecule has 3 rings (SSSR count). The van der Waals surface area contributed by atoms with Crippen molar-refractivity contribution in [3.63, 3.8) is 0 Å². The summed E-state index contributed by atoms with van der Waals surface area (Å²) in [5, 5.41) is 7.58. The quantitative estimate of drug-likeness (QED) is 0.460. The molecule has 0 spiro atoms. The molecule has 1 aromatic heterocycles. The summed E-state index contributed by atoms with van der Waals surface area (Å²) in [6.45, 7) is 0. The van der Waals surface area contributed by atoms with Crippen LogP contribution in [0.3, 0.4) is 0 Å². The SMILES string of the molecule is O=C(N=Nc1ccc(NOC(=O)c2ccco2)cc1)c1ccc(Br)cc1. The van der Waals surface area contributed by atoms with Crippen LogP contribution in [-0.2, 0) is 4.84 Å². The first-order chi connectivity index (χ1) is 12.6. The third kappa shape index (κ3) is 4.64. The molecule has 1 amide bonds. The number of rotatable bonds is 5. The van der Waals surface area contributed by atoms with Crippen molar-refractivity contribution in [2.75, 3.05) is 5.48 Å². The van der Waals surface area contributed by atoms with Crippen LogP contribution < -0.4 is 5.48 Å². The van der Waals surface area contributed by atoms with Crippen LogP contribution in [0.2, 0.25) is 0 Å². The molecule has 0 bridgehead atoms. The monoisotopic (exact) mass is 413 g/mol. The molecule has 0 fully saturated rings. The highest BCUT2D eigenvalue weighted by Gasteiger charge is 2.10. The van der Waals surface area contributed by atoms with Crippen LogP contribution in [0.15, 0.2) is 86.0 Å². The number of hydrogen-bond acceptors (Lipinski definition) is 6. The van der Waals surface area contributed by atoms with Gasteiger partial charge in [-0.2, -0.15) is 0 Å². The molecule has 7 nitrogen and oxygen atoms in total. The van der Waals surface area contributed by atoms with Crippen molar-refractivity contribution in [3.05, 3.63) is 82.7 Å². The van der Waals surface area contributed by atoms with Crippen molar-refractivity contribution >= 4 is 39.2 Å². The number of carbonyl (C=O) groups excluding carboxylic acids is 2. The maximum Gasteiger partial charge on any atom is 0.398 e. The van der Waals surface area contributed by atoms with Crippen LogP contribution in [0, 0.1) is 0 Å². The zero-order valence-corrected chi connectivity index (χ0v) is 14.8. The molecule has 1 N–H and O–H groups in total. The number of amides is 1. The first kappa shape index (κ1) is 17.6. The summed E-state index contributed by atoms with van der Waals surface area (Å²) in [5.74, 6) is -0.986. The molecule has 2 aromatic carbocycles. The molecule has 3 aromatic rings. The summed E-state index contributed by atoms with van der Waals surface area (Å²) in [6, 6.07) is 16.4. The van der Waals surface area contributed by atoms with Gasteiger partial charge in [0, 0.05) is 10.0 Å². The number of nitrogens with one attached hydrogen (secondary N) is 1. The van der Waals surface area contributed by atoms with Crippen molar-refractivity contribution in [2.24, 2.45) is 10.2 Å². The Morgan fingerprint density at radius 2 is 1.73 bits per heavy atom. The van der Waals surface area contributed by atoms with Crippen molar-refractivity contribution in [3.8, 4) is 0 Å². The van der Waals surface area contributed by atoms with E-state index in [-0.39, 0.29) is 5.76 Å². The van der Waals surface area contributed by atoms with Gasteiger partial charge < -0.3 is 9.25 Å². The molecule has 0 radical (unpaired) electrons. The van der Waals surface area contributed by atoms with Crippen LogP contribution in [-0.4, -0.2) is 11.9 Å². The van der Waals surface area contributed by atoms with Crippen LogP contribution in [0.1, 0.15) is 20.9 Å². The second kappa shape index (κ2) is 8.21. The van der Waals surface area contributed by atoms with Gasteiger partial charge in [0.25, 0.3) is 5.91 Å². The first-order valence-corrected chi connectivity index (χ1v) is 8.23. The summed E-state index contributed by atoms with van der Waals surface area (Å²) in [5.41, 5.74) is 3.96. The van der Waals surface area contributed by atoms with E-state index in [1.807, 2.05) is 0 Å². The molecule has 0 aliphatic rings. The lowest BCUT2D eigenvalue weighted by Crippen LogP contribution is -2.09. The lowest BCUT2D eigenvalue weighted by Gasteiger charge is -2.05. The van der Waals surface area contributed by atoms with E-state index >= 15 is 0 Å². The van der Waals surface area contributed by atoms with Gasteiger partial charge in [0.1, 0.15) is 0 Å². The Hall–Kier alpha value is -3.26. The van der Waals surface area contributed by atoms with Gasteiger partial charge in [-0.1, -0.05) is 15.9 Å². The molecule has 0 unspecified atom stereocenters. The zero-order chi connectivity index (χ0) is 18.4. The molecule has 26 heavy (non-hydrogen) atoms. The normalized spacial score (nSPS) is 10.7. The number of nitrogens with zero attached hydrogens (tertiary/aromatic N) is 2. The third-order valence-electron chi connectivity index (χ3n) is 3.20. The maximum atomic E-state index is 11.9. The molecule has 0 atom stereocenters. The molecule has 0 aliphatic carbocycles. The van der Waals surface area contributed by atoms with Crippen LogP contribution in [0.4, 0.5) is 11.4 Å². The number of azo groups is 1. The summed E-state index contributed by atoms with van der Waals surface area (Å²) < 4.78 is 5.80. The Kier molecular flexibility index (Phi) is 5.55. The van der Waals surface area contributed by atoms with Gasteiger partial charge in [-0.05, 0) is 60.7 Å². The van der Waals surface area contributed by atoms with E-state index in [0.29, 0.717) is 16.9 Å². The highest BCUT2D eigenvalue weighted by molar-refractivity contribution is 9.10. The van der Waals surface area contributed by atoms with Crippen molar-refractivity contribution < 1.29 is 18.8 Å². The van der Waals surface area contributed by atoms with Crippen LogP contribution in [0.25, 0.3) is 0 Å². The van der Waals surface area contributed by atoms with E-state index in [1.54, 1.807) is 54.6 Å².